The molecule has 0 aliphatic carbocycles. The van der Waals surface area contributed by atoms with E-state index in [0.29, 0.717) is 9.52 Å². The molecule has 0 heterocycles. The lowest BCUT2D eigenvalue weighted by Crippen LogP contribution is -2.26. The van der Waals surface area contributed by atoms with Crippen LogP contribution in [0, 0.1) is 0 Å². The van der Waals surface area contributed by atoms with Crippen LogP contribution in [0.15, 0.2) is 146 Å². The number of hydrogen-bond donors (Lipinski definition) is 0. The standard InChI is InChI=1S/C36H24Si/c1-3-12-26(13-4-1)35-31-17-9-10-18-32(31)36(28-20-19-25-11-7-8-14-27(25)23-28)33-22-21-30(24-34(33)35)37-29-15-5-2-6-16-29/h1-24H. The summed E-state index contributed by atoms with van der Waals surface area (Å²) in [5.74, 6) is 0. The Balaban J connectivity index is 1.57. The largest absolute Gasteiger partial charge is 0.121 e. The predicted octanol–water partition coefficient (Wildman–Crippen LogP) is 8.14. The Labute approximate surface area is 219 Å². The number of fused-ring (bicyclic) bond motifs is 3. The minimum absolute atomic E-state index is 0.621. The maximum Gasteiger partial charge on any atom is 0.121 e. The monoisotopic (exact) mass is 484 g/mol. The summed E-state index contributed by atoms with van der Waals surface area (Å²) in [5.41, 5.74) is 5.15. The van der Waals surface area contributed by atoms with Gasteiger partial charge in [0.1, 0.15) is 9.52 Å². The molecule has 7 aromatic carbocycles. The number of benzene rings is 7. The maximum atomic E-state index is 2.43. The Morgan fingerprint density at radius 3 is 1.68 bits per heavy atom. The zero-order chi connectivity index (χ0) is 24.6. The molecular formula is C36H24Si. The first kappa shape index (κ1) is 21.8. The van der Waals surface area contributed by atoms with Gasteiger partial charge in [0.2, 0.25) is 0 Å². The van der Waals surface area contributed by atoms with Crippen molar-refractivity contribution in [2.45, 2.75) is 0 Å². The molecule has 0 N–H and O–H groups in total. The highest BCUT2D eigenvalue weighted by Crippen LogP contribution is 2.43. The van der Waals surface area contributed by atoms with Crippen molar-refractivity contribution >= 4 is 52.2 Å². The molecule has 1 heteroatoms. The molecule has 2 radical (unpaired) electrons. The van der Waals surface area contributed by atoms with Gasteiger partial charge in [0.05, 0.1) is 0 Å². The van der Waals surface area contributed by atoms with Crippen LogP contribution in [0.1, 0.15) is 0 Å². The molecule has 7 rings (SSSR count). The van der Waals surface area contributed by atoms with Gasteiger partial charge < -0.3 is 0 Å². The van der Waals surface area contributed by atoms with E-state index in [4.69, 9.17) is 0 Å². The van der Waals surface area contributed by atoms with Gasteiger partial charge in [-0.15, -0.1) is 0 Å². The molecule has 0 spiro atoms. The van der Waals surface area contributed by atoms with Crippen LogP contribution in [0.4, 0.5) is 0 Å². The summed E-state index contributed by atoms with van der Waals surface area (Å²) in [4.78, 5) is 0. The second kappa shape index (κ2) is 9.20. The van der Waals surface area contributed by atoms with Crippen LogP contribution in [0.3, 0.4) is 0 Å². The van der Waals surface area contributed by atoms with Gasteiger partial charge in [-0.2, -0.15) is 0 Å². The van der Waals surface area contributed by atoms with Gasteiger partial charge in [-0.25, -0.2) is 0 Å². The first-order valence-electron chi connectivity index (χ1n) is 12.7. The molecule has 37 heavy (non-hydrogen) atoms. The number of hydrogen-bond acceptors (Lipinski definition) is 0. The van der Waals surface area contributed by atoms with Gasteiger partial charge in [0.25, 0.3) is 0 Å². The Bertz CT molecular complexity index is 1890. The van der Waals surface area contributed by atoms with Crippen molar-refractivity contribution < 1.29 is 0 Å². The van der Waals surface area contributed by atoms with E-state index >= 15 is 0 Å². The zero-order valence-electron chi connectivity index (χ0n) is 20.4. The SMILES string of the molecule is c1ccc([Si]c2ccc3c(-c4ccc5ccccc5c4)c4ccccc4c(-c4ccccc4)c3c2)cc1. The molecule has 0 saturated heterocycles. The second-order valence-electron chi connectivity index (χ2n) is 9.47. The Kier molecular flexibility index (Phi) is 5.42. The van der Waals surface area contributed by atoms with E-state index in [-0.39, 0.29) is 0 Å². The Morgan fingerprint density at radius 2 is 0.919 bits per heavy atom. The smallest absolute Gasteiger partial charge is 0.0631 e. The average molecular weight is 485 g/mol. The van der Waals surface area contributed by atoms with Gasteiger partial charge in [0.15, 0.2) is 0 Å². The van der Waals surface area contributed by atoms with E-state index in [9.17, 15) is 0 Å². The first-order valence-corrected chi connectivity index (χ1v) is 13.7. The van der Waals surface area contributed by atoms with E-state index in [0.717, 1.165) is 0 Å². The number of rotatable bonds is 4. The summed E-state index contributed by atoms with van der Waals surface area (Å²) in [6, 6.07) is 53.2. The van der Waals surface area contributed by atoms with Crippen LogP contribution in [0.5, 0.6) is 0 Å². The maximum absolute atomic E-state index is 2.43. The Hall–Kier alpha value is -4.46. The summed E-state index contributed by atoms with van der Waals surface area (Å²) in [7, 11) is 0.621. The average Bonchev–Trinajstić information content (AvgIpc) is 2.96. The van der Waals surface area contributed by atoms with Crippen molar-refractivity contribution in [3.63, 3.8) is 0 Å². The quantitative estimate of drug-likeness (QED) is 0.175. The van der Waals surface area contributed by atoms with Gasteiger partial charge in [-0.3, -0.25) is 0 Å². The normalized spacial score (nSPS) is 11.4. The molecule has 0 atom stereocenters. The molecule has 0 nitrogen and oxygen atoms in total. The van der Waals surface area contributed by atoms with Crippen LogP contribution in [-0.2, 0) is 0 Å². The molecule has 0 unspecified atom stereocenters. The highest BCUT2D eigenvalue weighted by Gasteiger charge is 2.17. The summed E-state index contributed by atoms with van der Waals surface area (Å²) in [5, 5.41) is 10.5. The Morgan fingerprint density at radius 1 is 0.324 bits per heavy atom. The third kappa shape index (κ3) is 3.94. The molecular weight excluding hydrogens is 460 g/mol. The highest BCUT2D eigenvalue weighted by atomic mass is 28.2. The van der Waals surface area contributed by atoms with E-state index < -0.39 is 0 Å². The van der Waals surface area contributed by atoms with E-state index in [1.165, 1.54) is 64.9 Å². The van der Waals surface area contributed by atoms with Gasteiger partial charge in [-0.05, 0) is 60.6 Å². The summed E-state index contributed by atoms with van der Waals surface area (Å²) in [6.45, 7) is 0. The molecule has 7 aromatic rings. The van der Waals surface area contributed by atoms with Crippen LogP contribution in [0.2, 0.25) is 0 Å². The lowest BCUT2D eigenvalue weighted by atomic mass is 9.85. The van der Waals surface area contributed by atoms with Gasteiger partial charge in [0, 0.05) is 0 Å². The molecule has 0 aromatic heterocycles. The fourth-order valence-electron chi connectivity index (χ4n) is 5.52. The highest BCUT2D eigenvalue weighted by molar-refractivity contribution is 6.67. The van der Waals surface area contributed by atoms with Gasteiger partial charge in [-0.1, -0.05) is 150 Å². The fraction of sp³-hybridized carbons (Fsp3) is 0. The van der Waals surface area contributed by atoms with Crippen molar-refractivity contribution in [1.82, 2.24) is 0 Å². The predicted molar refractivity (Wildman–Crippen MR) is 161 cm³/mol. The molecule has 0 aliphatic rings. The summed E-state index contributed by atoms with van der Waals surface area (Å²) < 4.78 is 0. The van der Waals surface area contributed by atoms with E-state index in [1.807, 2.05) is 0 Å². The van der Waals surface area contributed by atoms with Crippen LogP contribution in [-0.4, -0.2) is 9.52 Å². The van der Waals surface area contributed by atoms with Crippen molar-refractivity contribution in [2.24, 2.45) is 0 Å². The minimum atomic E-state index is 0.621. The van der Waals surface area contributed by atoms with Crippen molar-refractivity contribution in [2.75, 3.05) is 0 Å². The van der Waals surface area contributed by atoms with Crippen molar-refractivity contribution in [3.8, 4) is 22.3 Å². The first-order chi connectivity index (χ1) is 18.3. The molecule has 0 bridgehead atoms. The molecule has 0 saturated carbocycles. The molecule has 0 aliphatic heterocycles. The van der Waals surface area contributed by atoms with Gasteiger partial charge >= 0.3 is 0 Å². The molecule has 172 valence electrons. The van der Waals surface area contributed by atoms with Crippen LogP contribution < -0.4 is 10.4 Å². The zero-order valence-corrected chi connectivity index (χ0v) is 21.4. The lowest BCUT2D eigenvalue weighted by Gasteiger charge is -2.19. The summed E-state index contributed by atoms with van der Waals surface area (Å²) >= 11 is 0. The van der Waals surface area contributed by atoms with Crippen molar-refractivity contribution in [1.29, 1.82) is 0 Å². The molecule has 0 amide bonds. The van der Waals surface area contributed by atoms with E-state index in [1.54, 1.807) is 0 Å². The fourth-order valence-corrected chi connectivity index (χ4v) is 6.59. The third-order valence-electron chi connectivity index (χ3n) is 7.19. The van der Waals surface area contributed by atoms with Crippen molar-refractivity contribution in [3.05, 3.63) is 146 Å². The topological polar surface area (TPSA) is 0 Å². The van der Waals surface area contributed by atoms with Crippen LogP contribution >= 0.6 is 0 Å². The molecule has 0 fully saturated rings. The van der Waals surface area contributed by atoms with E-state index in [2.05, 4.69) is 146 Å². The van der Waals surface area contributed by atoms with Crippen LogP contribution in [0.25, 0.3) is 54.6 Å². The third-order valence-corrected chi connectivity index (χ3v) is 8.41. The minimum Gasteiger partial charge on any atom is -0.0631 e. The lowest BCUT2D eigenvalue weighted by molar-refractivity contribution is 1.66. The summed E-state index contributed by atoms with van der Waals surface area (Å²) in [6.07, 6.45) is 0. The second-order valence-corrected chi connectivity index (χ2v) is 10.9.